The lowest BCUT2D eigenvalue weighted by Gasteiger charge is -2.07. The van der Waals surface area contributed by atoms with Gasteiger partial charge in [-0.05, 0) is 25.5 Å². The van der Waals surface area contributed by atoms with Crippen LogP contribution in [0.5, 0.6) is 11.5 Å². The Balaban J connectivity index is -0.000000399. The molecule has 21 heavy (non-hydrogen) atoms. The van der Waals surface area contributed by atoms with E-state index in [1.807, 2.05) is 20.6 Å². The Bertz CT molecular complexity index is 420. The van der Waals surface area contributed by atoms with Gasteiger partial charge in [-0.25, -0.2) is 0 Å². The van der Waals surface area contributed by atoms with Gasteiger partial charge in [-0.15, -0.1) is 0 Å². The largest absolute Gasteiger partial charge is 0.496 e. The van der Waals surface area contributed by atoms with Crippen molar-refractivity contribution in [2.75, 3.05) is 14.2 Å². The van der Waals surface area contributed by atoms with Gasteiger partial charge in [0.2, 0.25) is 0 Å². The lowest BCUT2D eigenvalue weighted by atomic mass is 10.2. The van der Waals surface area contributed by atoms with Gasteiger partial charge in [-0.3, -0.25) is 10.1 Å². The Morgan fingerprint density at radius 3 is 1.81 bits per heavy atom. The molecule has 1 rings (SSSR count). The monoisotopic (exact) mass is 301 g/mol. The number of nitro benzene ring substituents is 1. The summed E-state index contributed by atoms with van der Waals surface area (Å²) in [6.45, 7) is 9.24. The lowest BCUT2D eigenvalue weighted by molar-refractivity contribution is -0.385. The molecule has 0 aliphatic rings. The molecular weight excluding hydrogens is 278 g/mol. The first-order valence-corrected chi connectivity index (χ1v) is 6.07. The van der Waals surface area contributed by atoms with Crippen LogP contribution in [0.15, 0.2) is 12.1 Å². The highest BCUT2D eigenvalue weighted by Gasteiger charge is 2.17. The molecule has 0 spiro atoms. The predicted molar refractivity (Wildman–Crippen MR) is 81.1 cm³/mol. The number of hydrogen-bond donors (Lipinski definition) is 0. The molecular formula is C14H23NO6. The zero-order valence-electron chi connectivity index (χ0n) is 13.3. The summed E-state index contributed by atoms with van der Waals surface area (Å²) in [6, 6.07) is 2.94. The zero-order chi connectivity index (χ0) is 17.4. The SMILES string of the molecule is C=O.CC.CC=O.COc1cc([N+](=O)[O-])c(OC)cc1C. The Kier molecular flexibility index (Phi) is 17.6. The molecule has 0 unspecified atom stereocenters. The van der Waals surface area contributed by atoms with Crippen molar-refractivity contribution < 1.29 is 24.0 Å². The van der Waals surface area contributed by atoms with E-state index in [0.29, 0.717) is 5.75 Å². The Morgan fingerprint density at radius 2 is 1.52 bits per heavy atom. The molecule has 0 amide bonds. The molecule has 0 saturated carbocycles. The van der Waals surface area contributed by atoms with Crippen molar-refractivity contribution in [2.24, 2.45) is 0 Å². The van der Waals surface area contributed by atoms with Crippen LogP contribution < -0.4 is 9.47 Å². The number of nitrogens with zero attached hydrogens (tertiary/aromatic N) is 1. The molecule has 0 bridgehead atoms. The van der Waals surface area contributed by atoms with Crippen LogP contribution in [-0.4, -0.2) is 32.2 Å². The summed E-state index contributed by atoms with van der Waals surface area (Å²) < 4.78 is 9.87. The molecule has 120 valence electrons. The van der Waals surface area contributed by atoms with Gasteiger partial charge in [0.05, 0.1) is 25.2 Å². The number of aldehydes is 1. The highest BCUT2D eigenvalue weighted by Crippen LogP contribution is 2.33. The molecule has 0 heterocycles. The number of rotatable bonds is 3. The molecule has 7 heteroatoms. The first kappa shape index (κ1) is 23.6. The van der Waals surface area contributed by atoms with Crippen LogP contribution in [0.2, 0.25) is 0 Å². The lowest BCUT2D eigenvalue weighted by Crippen LogP contribution is -1.96. The fourth-order valence-corrected chi connectivity index (χ4v) is 1.18. The summed E-state index contributed by atoms with van der Waals surface area (Å²) >= 11 is 0. The van der Waals surface area contributed by atoms with Crippen molar-refractivity contribution >= 4 is 18.8 Å². The summed E-state index contributed by atoms with van der Waals surface area (Å²) in [7, 11) is 2.87. The third-order valence-electron chi connectivity index (χ3n) is 1.89. The molecule has 7 nitrogen and oxygen atoms in total. The van der Waals surface area contributed by atoms with Crippen molar-refractivity contribution in [3.8, 4) is 11.5 Å². The molecule has 0 saturated heterocycles. The van der Waals surface area contributed by atoms with E-state index in [0.717, 1.165) is 11.8 Å². The van der Waals surface area contributed by atoms with E-state index >= 15 is 0 Å². The van der Waals surface area contributed by atoms with Crippen LogP contribution in [0, 0.1) is 17.0 Å². The number of carbonyl (C=O) groups is 2. The van der Waals surface area contributed by atoms with Crippen molar-refractivity contribution in [3.05, 3.63) is 27.8 Å². The quantitative estimate of drug-likeness (QED) is 0.484. The highest BCUT2D eigenvalue weighted by molar-refractivity contribution is 5.54. The summed E-state index contributed by atoms with van der Waals surface area (Å²) in [5.41, 5.74) is 0.713. The Labute approximate surface area is 125 Å². The van der Waals surface area contributed by atoms with Crippen molar-refractivity contribution in [1.82, 2.24) is 0 Å². The van der Waals surface area contributed by atoms with Crippen LogP contribution in [0.3, 0.4) is 0 Å². The van der Waals surface area contributed by atoms with Gasteiger partial charge in [0, 0.05) is 0 Å². The van der Waals surface area contributed by atoms with Gasteiger partial charge < -0.3 is 19.1 Å². The number of methoxy groups -OCH3 is 2. The van der Waals surface area contributed by atoms with E-state index in [-0.39, 0.29) is 11.4 Å². The molecule has 0 aliphatic heterocycles. The highest BCUT2D eigenvalue weighted by atomic mass is 16.6. The first-order valence-electron chi connectivity index (χ1n) is 6.07. The number of ether oxygens (including phenoxy) is 2. The van der Waals surface area contributed by atoms with Gasteiger partial charge in [0.1, 0.15) is 18.8 Å². The van der Waals surface area contributed by atoms with Crippen LogP contribution in [0.25, 0.3) is 0 Å². The van der Waals surface area contributed by atoms with E-state index in [1.165, 1.54) is 27.2 Å². The fourth-order valence-electron chi connectivity index (χ4n) is 1.18. The van der Waals surface area contributed by atoms with Crippen molar-refractivity contribution in [2.45, 2.75) is 27.7 Å². The van der Waals surface area contributed by atoms with Gasteiger partial charge in [0.25, 0.3) is 0 Å². The second-order valence-electron chi connectivity index (χ2n) is 2.99. The average Bonchev–Trinajstić information content (AvgIpc) is 2.51. The smallest absolute Gasteiger partial charge is 0.314 e. The first-order chi connectivity index (χ1) is 10.0. The molecule has 0 atom stereocenters. The van der Waals surface area contributed by atoms with E-state index < -0.39 is 4.92 Å². The average molecular weight is 301 g/mol. The van der Waals surface area contributed by atoms with E-state index in [1.54, 1.807) is 13.0 Å². The van der Waals surface area contributed by atoms with E-state index in [4.69, 9.17) is 19.1 Å². The molecule has 0 aromatic heterocycles. The maximum Gasteiger partial charge on any atom is 0.314 e. The standard InChI is InChI=1S/C9H11NO4.C2H4O.C2H6.CH2O/c1-6-4-9(14-3)7(10(11)12)5-8(6)13-2;1-2-3;2*1-2/h4-5H,1-3H3;2H,1H3;1-2H3;1H2. The second-order valence-corrected chi connectivity index (χ2v) is 2.99. The minimum Gasteiger partial charge on any atom is -0.496 e. The topological polar surface area (TPSA) is 95.7 Å². The van der Waals surface area contributed by atoms with E-state index in [9.17, 15) is 10.1 Å². The van der Waals surface area contributed by atoms with Gasteiger partial charge in [-0.1, -0.05) is 13.8 Å². The second kappa shape index (κ2) is 15.6. The van der Waals surface area contributed by atoms with Crippen molar-refractivity contribution in [3.63, 3.8) is 0 Å². The maximum absolute atomic E-state index is 10.6. The fraction of sp³-hybridized carbons (Fsp3) is 0.429. The Morgan fingerprint density at radius 1 is 1.14 bits per heavy atom. The predicted octanol–water partition coefficient (Wildman–Crippen LogP) is 2.97. The summed E-state index contributed by atoms with van der Waals surface area (Å²) in [4.78, 5) is 26.9. The number of aryl methyl sites for hydroxylation is 1. The summed E-state index contributed by atoms with van der Waals surface area (Å²) in [5, 5.41) is 10.6. The zero-order valence-corrected chi connectivity index (χ0v) is 13.3. The molecule has 0 aliphatic carbocycles. The third kappa shape index (κ3) is 9.15. The number of carbonyl (C=O) groups excluding carboxylic acids is 2. The van der Waals surface area contributed by atoms with Gasteiger partial charge in [-0.2, -0.15) is 0 Å². The molecule has 1 aromatic carbocycles. The summed E-state index contributed by atoms with van der Waals surface area (Å²) in [6.07, 6.45) is 0.750. The minimum absolute atomic E-state index is 0.0880. The summed E-state index contributed by atoms with van der Waals surface area (Å²) in [5.74, 6) is 0.728. The number of nitro groups is 1. The number of hydrogen-bond acceptors (Lipinski definition) is 6. The van der Waals surface area contributed by atoms with E-state index in [2.05, 4.69) is 0 Å². The van der Waals surface area contributed by atoms with Gasteiger partial charge >= 0.3 is 5.69 Å². The van der Waals surface area contributed by atoms with Crippen LogP contribution >= 0.6 is 0 Å². The normalized spacial score (nSPS) is 7.52. The van der Waals surface area contributed by atoms with Crippen molar-refractivity contribution in [1.29, 1.82) is 0 Å². The minimum atomic E-state index is -0.499. The molecule has 1 aromatic rings. The Hall–Kier alpha value is -2.44. The van der Waals surface area contributed by atoms with Crippen LogP contribution in [0.4, 0.5) is 5.69 Å². The van der Waals surface area contributed by atoms with Crippen LogP contribution in [-0.2, 0) is 9.59 Å². The van der Waals surface area contributed by atoms with Crippen LogP contribution in [0.1, 0.15) is 26.3 Å². The maximum atomic E-state index is 10.6. The molecule has 0 radical (unpaired) electrons. The third-order valence-corrected chi connectivity index (χ3v) is 1.89. The van der Waals surface area contributed by atoms with Gasteiger partial charge in [0.15, 0.2) is 5.75 Å². The molecule has 0 N–H and O–H groups in total. The number of benzene rings is 1. The molecule has 0 fully saturated rings.